The van der Waals surface area contributed by atoms with Crippen molar-refractivity contribution in [1.29, 1.82) is 0 Å². The average Bonchev–Trinajstić information content (AvgIpc) is 1.87. The standard InChI is InChI=1S/C3H3FO3/c4-2-1-6-3(5)7-2/h2H,1H2. The fourth-order valence-electron chi connectivity index (χ4n) is 0.306. The van der Waals surface area contributed by atoms with Gasteiger partial charge in [0.1, 0.15) is 0 Å². The summed E-state index contributed by atoms with van der Waals surface area (Å²) in [7, 11) is 0. The number of hydrogen-bond donors (Lipinski definition) is 0. The Kier molecular flexibility index (Phi) is 0.850. The molecule has 0 aromatic carbocycles. The van der Waals surface area contributed by atoms with Crippen LogP contribution in [0.3, 0.4) is 0 Å². The summed E-state index contributed by atoms with van der Waals surface area (Å²) in [5.74, 6) is 0. The zero-order chi connectivity index (χ0) is 5.28. The van der Waals surface area contributed by atoms with Gasteiger partial charge in [0.2, 0.25) is 0 Å². The number of carbonyl (C=O) groups is 1. The van der Waals surface area contributed by atoms with Crippen LogP contribution in [-0.2, 0) is 9.47 Å². The first-order valence-corrected chi connectivity index (χ1v) is 1.76. The van der Waals surface area contributed by atoms with Crippen LogP contribution >= 0.6 is 0 Å². The van der Waals surface area contributed by atoms with Gasteiger partial charge < -0.3 is 9.47 Å². The van der Waals surface area contributed by atoms with Crippen LogP contribution in [0.25, 0.3) is 0 Å². The van der Waals surface area contributed by atoms with Crippen LogP contribution in [0.4, 0.5) is 9.18 Å². The van der Waals surface area contributed by atoms with Gasteiger partial charge in [0.15, 0.2) is 6.61 Å². The zero-order valence-corrected chi connectivity index (χ0v) is 3.39. The van der Waals surface area contributed by atoms with Crippen molar-refractivity contribution in [1.82, 2.24) is 0 Å². The highest BCUT2D eigenvalue weighted by Crippen LogP contribution is 2.05. The van der Waals surface area contributed by atoms with E-state index >= 15 is 0 Å². The molecule has 1 aliphatic heterocycles. The van der Waals surface area contributed by atoms with Gasteiger partial charge in [0, 0.05) is 0 Å². The van der Waals surface area contributed by atoms with Crippen LogP contribution in [0, 0.1) is 0 Å². The summed E-state index contributed by atoms with van der Waals surface area (Å²) in [5, 5.41) is 0. The Labute approximate surface area is 39.0 Å². The van der Waals surface area contributed by atoms with E-state index in [4.69, 9.17) is 0 Å². The van der Waals surface area contributed by atoms with E-state index in [0.29, 0.717) is 0 Å². The lowest BCUT2D eigenvalue weighted by Crippen LogP contribution is -1.98. The second-order valence-electron chi connectivity index (χ2n) is 1.09. The Balaban J connectivity index is 2.40. The number of hydrogen-bond acceptors (Lipinski definition) is 3. The molecule has 0 aromatic heterocycles. The molecule has 1 aliphatic rings. The van der Waals surface area contributed by atoms with Crippen molar-refractivity contribution in [3.8, 4) is 0 Å². The molecule has 3 nitrogen and oxygen atoms in total. The van der Waals surface area contributed by atoms with Crippen LogP contribution in [0.1, 0.15) is 0 Å². The summed E-state index contributed by atoms with van der Waals surface area (Å²) in [6.45, 7) is -0.265. The lowest BCUT2D eigenvalue weighted by molar-refractivity contribution is 0.0573. The maximum Gasteiger partial charge on any atom is 0.511 e. The molecule has 0 radical (unpaired) electrons. The van der Waals surface area contributed by atoms with Crippen molar-refractivity contribution in [2.24, 2.45) is 0 Å². The largest absolute Gasteiger partial charge is 0.511 e. The van der Waals surface area contributed by atoms with E-state index in [0.717, 1.165) is 0 Å². The van der Waals surface area contributed by atoms with Gasteiger partial charge in [-0.2, -0.15) is 4.39 Å². The Morgan fingerprint density at radius 2 is 2.57 bits per heavy atom. The van der Waals surface area contributed by atoms with Crippen LogP contribution in [0.15, 0.2) is 0 Å². The average molecular weight is 106 g/mol. The zero-order valence-electron chi connectivity index (χ0n) is 3.39. The minimum Gasteiger partial charge on any atom is -0.427 e. The Morgan fingerprint density at radius 1 is 1.86 bits per heavy atom. The van der Waals surface area contributed by atoms with Crippen molar-refractivity contribution in [3.05, 3.63) is 0 Å². The number of alkyl halides is 1. The molecule has 1 rings (SSSR count). The predicted molar refractivity (Wildman–Crippen MR) is 17.3 cm³/mol. The van der Waals surface area contributed by atoms with Crippen molar-refractivity contribution in [2.75, 3.05) is 6.61 Å². The second-order valence-corrected chi connectivity index (χ2v) is 1.09. The van der Waals surface area contributed by atoms with Crippen molar-refractivity contribution in [2.45, 2.75) is 6.36 Å². The topological polar surface area (TPSA) is 35.5 Å². The first-order chi connectivity index (χ1) is 3.29. The fraction of sp³-hybridized carbons (Fsp3) is 0.667. The molecular formula is C3H3FO3. The molecule has 0 saturated carbocycles. The summed E-state index contributed by atoms with van der Waals surface area (Å²) in [6, 6.07) is 0. The van der Waals surface area contributed by atoms with Gasteiger partial charge in [-0.25, -0.2) is 4.79 Å². The van der Waals surface area contributed by atoms with Gasteiger partial charge >= 0.3 is 6.16 Å². The van der Waals surface area contributed by atoms with Gasteiger partial charge in [-0.3, -0.25) is 0 Å². The molecule has 0 bridgehead atoms. The Morgan fingerprint density at radius 3 is 2.71 bits per heavy atom. The van der Waals surface area contributed by atoms with E-state index in [1.807, 2.05) is 0 Å². The van der Waals surface area contributed by atoms with Gasteiger partial charge in [-0.15, -0.1) is 0 Å². The lowest BCUT2D eigenvalue weighted by Gasteiger charge is -1.85. The monoisotopic (exact) mass is 106 g/mol. The molecule has 4 heteroatoms. The van der Waals surface area contributed by atoms with Gasteiger partial charge in [0.25, 0.3) is 6.36 Å². The molecule has 1 unspecified atom stereocenters. The van der Waals surface area contributed by atoms with Gasteiger partial charge in [-0.1, -0.05) is 0 Å². The molecular weight excluding hydrogens is 103 g/mol. The van der Waals surface area contributed by atoms with E-state index in [-0.39, 0.29) is 6.61 Å². The van der Waals surface area contributed by atoms with Gasteiger partial charge in [0.05, 0.1) is 0 Å². The van der Waals surface area contributed by atoms with E-state index < -0.39 is 12.5 Å². The second kappa shape index (κ2) is 1.36. The van der Waals surface area contributed by atoms with E-state index in [9.17, 15) is 9.18 Å². The molecule has 7 heavy (non-hydrogen) atoms. The summed E-state index contributed by atoms with van der Waals surface area (Å²) in [6.07, 6.45) is -2.47. The van der Waals surface area contributed by atoms with Crippen molar-refractivity contribution >= 4 is 6.16 Å². The van der Waals surface area contributed by atoms with Crippen molar-refractivity contribution < 1.29 is 18.7 Å². The van der Waals surface area contributed by atoms with E-state index in [1.165, 1.54) is 0 Å². The minimum absolute atomic E-state index is 0.265. The van der Waals surface area contributed by atoms with E-state index in [2.05, 4.69) is 9.47 Å². The third kappa shape index (κ3) is 0.792. The molecule has 0 aromatic rings. The number of ether oxygens (including phenoxy) is 2. The SMILES string of the molecule is O=C1OCC(F)O1. The molecule has 1 saturated heterocycles. The quantitative estimate of drug-likeness (QED) is 0.420. The normalized spacial score (nSPS) is 29.3. The fourth-order valence-corrected chi connectivity index (χ4v) is 0.306. The maximum atomic E-state index is 11.6. The van der Waals surface area contributed by atoms with Crippen LogP contribution in [-0.4, -0.2) is 19.1 Å². The first kappa shape index (κ1) is 4.36. The summed E-state index contributed by atoms with van der Waals surface area (Å²) >= 11 is 0. The highest BCUT2D eigenvalue weighted by atomic mass is 19.1. The molecule has 0 spiro atoms. The summed E-state index contributed by atoms with van der Waals surface area (Å²) < 4.78 is 19.5. The Hall–Kier alpha value is -0.800. The predicted octanol–water partition coefficient (Wildman–Crippen LogP) is 0.449. The van der Waals surface area contributed by atoms with Crippen LogP contribution in [0.2, 0.25) is 0 Å². The number of cyclic esters (lactones) is 2. The third-order valence-corrected chi connectivity index (χ3v) is 0.556. The lowest BCUT2D eigenvalue weighted by atomic mass is 10.8. The molecule has 1 fully saturated rings. The molecule has 40 valence electrons. The van der Waals surface area contributed by atoms with E-state index in [1.54, 1.807) is 0 Å². The number of halogens is 1. The summed E-state index contributed by atoms with van der Waals surface area (Å²) in [4.78, 5) is 9.77. The smallest absolute Gasteiger partial charge is 0.427 e. The molecule has 1 atom stereocenters. The molecule has 0 amide bonds. The molecule has 0 aliphatic carbocycles. The highest BCUT2D eigenvalue weighted by Gasteiger charge is 2.23. The van der Waals surface area contributed by atoms with Crippen LogP contribution < -0.4 is 0 Å². The minimum atomic E-state index is -1.55. The summed E-state index contributed by atoms with van der Waals surface area (Å²) in [5.41, 5.74) is 0. The number of carbonyl (C=O) groups excluding carboxylic acids is 1. The van der Waals surface area contributed by atoms with Gasteiger partial charge in [-0.05, 0) is 0 Å². The third-order valence-electron chi connectivity index (χ3n) is 0.556. The first-order valence-electron chi connectivity index (χ1n) is 1.76. The van der Waals surface area contributed by atoms with Crippen molar-refractivity contribution in [3.63, 3.8) is 0 Å². The highest BCUT2D eigenvalue weighted by molar-refractivity contribution is 5.61. The van der Waals surface area contributed by atoms with Crippen LogP contribution in [0.5, 0.6) is 0 Å². The maximum absolute atomic E-state index is 11.6. The molecule has 0 N–H and O–H groups in total. The number of rotatable bonds is 0. The Bertz CT molecular complexity index is 92.2. The molecule has 1 heterocycles.